The fraction of sp³-hybridized carbons (Fsp3) is 0.400. The van der Waals surface area contributed by atoms with E-state index in [4.69, 9.17) is 0 Å². The van der Waals surface area contributed by atoms with Crippen LogP contribution in [0, 0.1) is 0 Å². The minimum Gasteiger partial charge on any atom is -0.332 e. The van der Waals surface area contributed by atoms with E-state index in [1.54, 1.807) is 0 Å². The van der Waals surface area contributed by atoms with Gasteiger partial charge in [0.2, 0.25) is 0 Å². The van der Waals surface area contributed by atoms with Crippen molar-refractivity contribution < 1.29 is 0 Å². The summed E-state index contributed by atoms with van der Waals surface area (Å²) >= 11 is 0. The summed E-state index contributed by atoms with van der Waals surface area (Å²) in [5.74, 6) is 1.04. The third kappa shape index (κ3) is 1.54. The SMILES string of the molecule is CCN1C=CCN=C1C1=NC=CC1. The average molecular weight is 175 g/mol. The Balaban J connectivity index is 2.17. The van der Waals surface area contributed by atoms with Gasteiger partial charge < -0.3 is 4.90 Å². The molecule has 0 atom stereocenters. The molecule has 0 amide bonds. The van der Waals surface area contributed by atoms with Crippen LogP contribution in [0.3, 0.4) is 0 Å². The van der Waals surface area contributed by atoms with Crippen LogP contribution in [0.1, 0.15) is 13.3 Å². The zero-order chi connectivity index (χ0) is 9.10. The highest BCUT2D eigenvalue weighted by Gasteiger charge is 2.16. The van der Waals surface area contributed by atoms with E-state index < -0.39 is 0 Å². The number of hydrogen-bond acceptors (Lipinski definition) is 3. The van der Waals surface area contributed by atoms with E-state index in [1.165, 1.54) is 0 Å². The Kier molecular flexibility index (Phi) is 2.25. The zero-order valence-electron chi connectivity index (χ0n) is 7.77. The van der Waals surface area contributed by atoms with Gasteiger partial charge in [0, 0.05) is 25.4 Å². The Morgan fingerprint density at radius 2 is 2.38 bits per heavy atom. The largest absolute Gasteiger partial charge is 0.332 e. The summed E-state index contributed by atoms with van der Waals surface area (Å²) in [4.78, 5) is 10.9. The normalized spacial score (nSPS) is 20.5. The van der Waals surface area contributed by atoms with Crippen molar-refractivity contribution in [3.8, 4) is 0 Å². The van der Waals surface area contributed by atoms with Gasteiger partial charge in [-0.15, -0.1) is 0 Å². The van der Waals surface area contributed by atoms with Gasteiger partial charge in [-0.05, 0) is 13.0 Å². The Labute approximate surface area is 78.2 Å². The summed E-state index contributed by atoms with van der Waals surface area (Å²) in [5.41, 5.74) is 1.09. The number of rotatable bonds is 2. The molecule has 0 radical (unpaired) electrons. The van der Waals surface area contributed by atoms with E-state index in [0.29, 0.717) is 0 Å². The highest BCUT2D eigenvalue weighted by molar-refractivity contribution is 6.42. The first-order valence-corrected chi connectivity index (χ1v) is 4.61. The summed E-state index contributed by atoms with van der Waals surface area (Å²) < 4.78 is 0. The number of nitrogens with zero attached hydrogens (tertiary/aromatic N) is 3. The lowest BCUT2D eigenvalue weighted by Crippen LogP contribution is -2.33. The van der Waals surface area contributed by atoms with Crippen molar-refractivity contribution in [2.75, 3.05) is 13.1 Å². The van der Waals surface area contributed by atoms with Crippen LogP contribution in [0.25, 0.3) is 0 Å². The Bertz CT molecular complexity index is 310. The van der Waals surface area contributed by atoms with Crippen molar-refractivity contribution in [2.24, 2.45) is 9.98 Å². The highest BCUT2D eigenvalue weighted by Crippen LogP contribution is 2.09. The third-order valence-corrected chi connectivity index (χ3v) is 2.15. The summed E-state index contributed by atoms with van der Waals surface area (Å²) in [5, 5.41) is 0. The van der Waals surface area contributed by atoms with Gasteiger partial charge in [0.1, 0.15) is 5.84 Å². The first kappa shape index (κ1) is 8.23. The average Bonchev–Trinajstić information content (AvgIpc) is 2.70. The lowest BCUT2D eigenvalue weighted by Gasteiger charge is -2.23. The van der Waals surface area contributed by atoms with Gasteiger partial charge in [-0.3, -0.25) is 9.98 Å². The van der Waals surface area contributed by atoms with E-state index in [-0.39, 0.29) is 0 Å². The van der Waals surface area contributed by atoms with E-state index in [2.05, 4.69) is 40.2 Å². The topological polar surface area (TPSA) is 28.0 Å². The Morgan fingerprint density at radius 1 is 1.46 bits per heavy atom. The van der Waals surface area contributed by atoms with Crippen molar-refractivity contribution in [3.05, 3.63) is 24.6 Å². The molecule has 2 aliphatic rings. The zero-order valence-corrected chi connectivity index (χ0v) is 7.77. The number of allylic oxidation sites excluding steroid dienone is 1. The molecule has 2 heterocycles. The standard InChI is InChI=1S/C10H13N3/c1-2-13-8-4-7-12-10(13)9-5-3-6-11-9/h3-4,6,8H,2,5,7H2,1H3. The maximum Gasteiger partial charge on any atom is 0.150 e. The third-order valence-electron chi connectivity index (χ3n) is 2.15. The van der Waals surface area contributed by atoms with E-state index >= 15 is 0 Å². The van der Waals surface area contributed by atoms with Crippen molar-refractivity contribution >= 4 is 11.5 Å². The monoisotopic (exact) mass is 175 g/mol. The molecule has 0 fully saturated rings. The summed E-state index contributed by atoms with van der Waals surface area (Å²) in [6, 6.07) is 0. The second-order valence-corrected chi connectivity index (χ2v) is 3.00. The van der Waals surface area contributed by atoms with Gasteiger partial charge in [0.25, 0.3) is 0 Å². The van der Waals surface area contributed by atoms with Gasteiger partial charge in [-0.2, -0.15) is 0 Å². The summed E-state index contributed by atoms with van der Waals surface area (Å²) in [6.45, 7) is 3.85. The first-order valence-electron chi connectivity index (χ1n) is 4.61. The summed E-state index contributed by atoms with van der Waals surface area (Å²) in [7, 11) is 0. The molecular formula is C10H13N3. The molecular weight excluding hydrogens is 162 g/mol. The van der Waals surface area contributed by atoms with Gasteiger partial charge in [-0.1, -0.05) is 6.08 Å². The van der Waals surface area contributed by atoms with Gasteiger partial charge >= 0.3 is 0 Å². The second kappa shape index (κ2) is 3.56. The molecule has 3 heteroatoms. The highest BCUT2D eigenvalue weighted by atomic mass is 15.2. The maximum absolute atomic E-state index is 4.45. The molecule has 2 aliphatic heterocycles. The Hall–Kier alpha value is -1.38. The van der Waals surface area contributed by atoms with Crippen LogP contribution in [0.4, 0.5) is 0 Å². The molecule has 0 aromatic carbocycles. The van der Waals surface area contributed by atoms with Crippen LogP contribution in [0.5, 0.6) is 0 Å². The molecule has 68 valence electrons. The number of aliphatic imine (C=N–C) groups is 2. The fourth-order valence-electron chi connectivity index (χ4n) is 1.50. The minimum atomic E-state index is 0.783. The lowest BCUT2D eigenvalue weighted by molar-refractivity contribution is 0.584. The molecule has 2 rings (SSSR count). The predicted molar refractivity (Wildman–Crippen MR) is 55.0 cm³/mol. The first-order chi connectivity index (χ1) is 6.42. The van der Waals surface area contributed by atoms with Gasteiger partial charge in [-0.25, -0.2) is 0 Å². The van der Waals surface area contributed by atoms with Crippen LogP contribution in [-0.4, -0.2) is 29.5 Å². The van der Waals surface area contributed by atoms with E-state index in [9.17, 15) is 0 Å². The smallest absolute Gasteiger partial charge is 0.150 e. The molecule has 0 aromatic rings. The molecule has 0 bridgehead atoms. The van der Waals surface area contributed by atoms with Crippen molar-refractivity contribution in [1.29, 1.82) is 0 Å². The Morgan fingerprint density at radius 3 is 3.08 bits per heavy atom. The van der Waals surface area contributed by atoms with Gasteiger partial charge in [0.15, 0.2) is 0 Å². The number of hydrogen-bond donors (Lipinski definition) is 0. The second-order valence-electron chi connectivity index (χ2n) is 3.00. The van der Waals surface area contributed by atoms with Crippen molar-refractivity contribution in [3.63, 3.8) is 0 Å². The molecule has 0 unspecified atom stereocenters. The molecule has 0 saturated carbocycles. The molecule has 3 nitrogen and oxygen atoms in total. The molecule has 0 saturated heterocycles. The molecule has 0 aromatic heterocycles. The van der Waals surface area contributed by atoms with Crippen LogP contribution in [-0.2, 0) is 0 Å². The van der Waals surface area contributed by atoms with Gasteiger partial charge in [0.05, 0.1) is 12.3 Å². The molecule has 13 heavy (non-hydrogen) atoms. The van der Waals surface area contributed by atoms with Crippen molar-refractivity contribution in [1.82, 2.24) is 4.90 Å². The van der Waals surface area contributed by atoms with Crippen molar-refractivity contribution in [2.45, 2.75) is 13.3 Å². The van der Waals surface area contributed by atoms with Crippen LogP contribution < -0.4 is 0 Å². The molecule has 0 N–H and O–H groups in total. The van der Waals surface area contributed by atoms with E-state index in [1.807, 2.05) is 6.20 Å². The summed E-state index contributed by atoms with van der Waals surface area (Å²) in [6.07, 6.45) is 8.98. The van der Waals surface area contributed by atoms with Crippen LogP contribution in [0.2, 0.25) is 0 Å². The van der Waals surface area contributed by atoms with Crippen LogP contribution >= 0.6 is 0 Å². The quantitative estimate of drug-likeness (QED) is 0.626. The fourth-order valence-corrected chi connectivity index (χ4v) is 1.50. The van der Waals surface area contributed by atoms with Crippen LogP contribution in [0.15, 0.2) is 34.5 Å². The molecule has 0 aliphatic carbocycles. The number of amidine groups is 1. The van der Waals surface area contributed by atoms with E-state index in [0.717, 1.165) is 31.1 Å². The predicted octanol–water partition coefficient (Wildman–Crippen LogP) is 1.59. The molecule has 0 spiro atoms. The minimum absolute atomic E-state index is 0.783. The maximum atomic E-state index is 4.45. The lowest BCUT2D eigenvalue weighted by atomic mass is 10.2.